The van der Waals surface area contributed by atoms with Crippen LogP contribution in [0.25, 0.3) is 0 Å². The third-order valence-electron chi connectivity index (χ3n) is 4.09. The van der Waals surface area contributed by atoms with Crippen LogP contribution in [0.5, 0.6) is 0 Å². The van der Waals surface area contributed by atoms with E-state index in [2.05, 4.69) is 22.2 Å². The maximum absolute atomic E-state index is 12.3. The molecule has 3 rings (SSSR count). The Morgan fingerprint density at radius 2 is 2.33 bits per heavy atom. The van der Waals surface area contributed by atoms with Crippen LogP contribution in [0.4, 0.5) is 0 Å². The molecule has 0 saturated carbocycles. The third kappa shape index (κ3) is 1.73. The van der Waals surface area contributed by atoms with E-state index in [4.69, 9.17) is 0 Å². The van der Waals surface area contributed by atoms with Crippen LogP contribution in [0.1, 0.15) is 17.4 Å². The smallest absolute Gasteiger partial charge is 0.274 e. The molecular formula is C12H16N4O2. The molecule has 0 bridgehead atoms. The van der Waals surface area contributed by atoms with Gasteiger partial charge in [0, 0.05) is 31.9 Å². The summed E-state index contributed by atoms with van der Waals surface area (Å²) in [6, 6.07) is 0.228. The van der Waals surface area contributed by atoms with Gasteiger partial charge in [-0.3, -0.25) is 9.59 Å². The lowest BCUT2D eigenvalue weighted by Crippen LogP contribution is -2.38. The van der Waals surface area contributed by atoms with Gasteiger partial charge < -0.3 is 15.2 Å². The molecule has 6 heteroatoms. The highest BCUT2D eigenvalue weighted by Gasteiger charge is 2.44. The Morgan fingerprint density at radius 3 is 3.00 bits per heavy atom. The number of likely N-dealkylation sites (tertiary alicyclic amines) is 1. The van der Waals surface area contributed by atoms with Crippen LogP contribution in [0.3, 0.4) is 0 Å². The molecule has 2 aliphatic heterocycles. The normalized spacial score (nSPS) is 30.5. The number of carbonyl (C=O) groups excluding carboxylic acids is 1. The van der Waals surface area contributed by atoms with E-state index in [9.17, 15) is 9.59 Å². The van der Waals surface area contributed by atoms with Crippen LogP contribution in [0.15, 0.2) is 17.2 Å². The van der Waals surface area contributed by atoms with Gasteiger partial charge in [-0.1, -0.05) is 0 Å². The van der Waals surface area contributed by atoms with Crippen molar-refractivity contribution >= 4 is 5.91 Å². The summed E-state index contributed by atoms with van der Waals surface area (Å²) in [6.45, 7) is 4.83. The van der Waals surface area contributed by atoms with Crippen LogP contribution < -0.4 is 10.9 Å². The maximum Gasteiger partial charge on any atom is 0.274 e. The fourth-order valence-electron chi connectivity index (χ4n) is 3.04. The van der Waals surface area contributed by atoms with Crippen LogP contribution in [-0.2, 0) is 0 Å². The molecule has 0 radical (unpaired) electrons. The number of H-pyrrole nitrogens is 1. The van der Waals surface area contributed by atoms with Gasteiger partial charge in [0.15, 0.2) is 0 Å². The monoisotopic (exact) mass is 248 g/mol. The van der Waals surface area contributed by atoms with Gasteiger partial charge in [0.05, 0.1) is 6.20 Å². The Labute approximate surface area is 104 Å². The Kier molecular flexibility index (Phi) is 2.66. The van der Waals surface area contributed by atoms with Crippen molar-refractivity contribution in [2.45, 2.75) is 13.0 Å². The molecule has 96 valence electrons. The fourth-order valence-corrected chi connectivity index (χ4v) is 3.04. The first kappa shape index (κ1) is 11.4. The highest BCUT2D eigenvalue weighted by atomic mass is 16.2. The van der Waals surface area contributed by atoms with Gasteiger partial charge in [-0.05, 0) is 18.8 Å². The van der Waals surface area contributed by atoms with Crippen molar-refractivity contribution in [3.05, 3.63) is 28.4 Å². The number of hydrogen-bond acceptors (Lipinski definition) is 4. The molecule has 0 spiro atoms. The van der Waals surface area contributed by atoms with E-state index in [0.29, 0.717) is 17.5 Å². The van der Waals surface area contributed by atoms with Gasteiger partial charge in [-0.2, -0.15) is 0 Å². The Balaban J connectivity index is 1.81. The number of nitrogens with one attached hydrogen (secondary N) is 2. The largest absolute Gasteiger partial charge is 0.334 e. The average Bonchev–Trinajstić information content (AvgIpc) is 2.93. The molecule has 3 heterocycles. The van der Waals surface area contributed by atoms with Crippen LogP contribution in [0.2, 0.25) is 0 Å². The van der Waals surface area contributed by atoms with Crippen molar-refractivity contribution in [3.8, 4) is 0 Å². The topological polar surface area (TPSA) is 78.1 Å². The number of amides is 1. The number of carbonyl (C=O) groups is 1. The minimum atomic E-state index is -0.290. The molecule has 18 heavy (non-hydrogen) atoms. The Bertz CT molecular complexity index is 507. The van der Waals surface area contributed by atoms with Gasteiger partial charge in [0.1, 0.15) is 5.69 Å². The average molecular weight is 248 g/mol. The quantitative estimate of drug-likeness (QED) is 0.699. The van der Waals surface area contributed by atoms with Crippen LogP contribution >= 0.6 is 0 Å². The molecule has 2 saturated heterocycles. The van der Waals surface area contributed by atoms with Gasteiger partial charge in [-0.15, -0.1) is 0 Å². The van der Waals surface area contributed by atoms with E-state index >= 15 is 0 Å². The van der Waals surface area contributed by atoms with Gasteiger partial charge in [0.2, 0.25) is 0 Å². The van der Waals surface area contributed by atoms with Crippen molar-refractivity contribution < 1.29 is 4.79 Å². The number of nitrogens with zero attached hydrogens (tertiary/aromatic N) is 2. The molecule has 2 aliphatic rings. The summed E-state index contributed by atoms with van der Waals surface area (Å²) in [5.74, 6) is 0.997. The zero-order valence-corrected chi connectivity index (χ0v) is 10.2. The molecule has 0 aromatic carbocycles. The molecule has 1 amide bonds. The van der Waals surface area contributed by atoms with E-state index in [-0.39, 0.29) is 17.5 Å². The van der Waals surface area contributed by atoms with Crippen molar-refractivity contribution in [2.24, 2.45) is 11.8 Å². The minimum Gasteiger partial charge on any atom is -0.334 e. The minimum absolute atomic E-state index is 0.0897. The standard InChI is InChI=1S/C12H16N4O2/c1-7-9-3-13-2-8(9)6-16(7)12(18)10-4-15-11(17)5-14-10/h4-5,7-9,13H,2-3,6H2,1H3,(H,15,17). The molecule has 1 aromatic heterocycles. The van der Waals surface area contributed by atoms with E-state index < -0.39 is 0 Å². The van der Waals surface area contributed by atoms with E-state index in [1.165, 1.54) is 6.20 Å². The first-order valence-electron chi connectivity index (χ1n) is 6.23. The second-order valence-corrected chi connectivity index (χ2v) is 5.08. The lowest BCUT2D eigenvalue weighted by Gasteiger charge is -2.23. The van der Waals surface area contributed by atoms with Crippen molar-refractivity contribution in [1.29, 1.82) is 0 Å². The summed E-state index contributed by atoms with van der Waals surface area (Å²) in [5.41, 5.74) is 0.0245. The predicted molar refractivity (Wildman–Crippen MR) is 65.2 cm³/mol. The molecule has 0 aliphatic carbocycles. The molecule has 3 unspecified atom stereocenters. The summed E-state index contributed by atoms with van der Waals surface area (Å²) in [6.07, 6.45) is 2.54. The molecule has 2 fully saturated rings. The van der Waals surface area contributed by atoms with Gasteiger partial charge >= 0.3 is 0 Å². The molecular weight excluding hydrogens is 232 g/mol. The van der Waals surface area contributed by atoms with Gasteiger partial charge in [-0.25, -0.2) is 4.98 Å². The van der Waals surface area contributed by atoms with Crippen molar-refractivity contribution in [2.75, 3.05) is 19.6 Å². The first-order chi connectivity index (χ1) is 8.66. The molecule has 6 nitrogen and oxygen atoms in total. The number of fused-ring (bicyclic) bond motifs is 1. The Morgan fingerprint density at radius 1 is 1.50 bits per heavy atom. The number of rotatable bonds is 1. The van der Waals surface area contributed by atoms with E-state index in [1.54, 1.807) is 0 Å². The SMILES string of the molecule is CC1C2CNCC2CN1C(=O)c1c[nH]c(=O)cn1. The number of aromatic nitrogens is 2. The second kappa shape index (κ2) is 4.20. The lowest BCUT2D eigenvalue weighted by atomic mass is 9.95. The van der Waals surface area contributed by atoms with Crippen LogP contribution in [0, 0.1) is 11.8 Å². The summed E-state index contributed by atoms with van der Waals surface area (Å²) in [7, 11) is 0. The van der Waals surface area contributed by atoms with Crippen LogP contribution in [-0.4, -0.2) is 46.5 Å². The summed E-state index contributed by atoms with van der Waals surface area (Å²) in [4.78, 5) is 31.5. The highest BCUT2D eigenvalue weighted by Crippen LogP contribution is 2.32. The molecule has 2 N–H and O–H groups in total. The molecule has 1 aromatic rings. The summed E-state index contributed by atoms with van der Waals surface area (Å²) in [5, 5.41) is 3.36. The van der Waals surface area contributed by atoms with Gasteiger partial charge in [0.25, 0.3) is 11.5 Å². The van der Waals surface area contributed by atoms with Crippen molar-refractivity contribution in [1.82, 2.24) is 20.2 Å². The van der Waals surface area contributed by atoms with Crippen molar-refractivity contribution in [3.63, 3.8) is 0 Å². The molecule has 3 atom stereocenters. The summed E-state index contributed by atoms with van der Waals surface area (Å²) < 4.78 is 0. The number of hydrogen-bond donors (Lipinski definition) is 2. The maximum atomic E-state index is 12.3. The first-order valence-corrected chi connectivity index (χ1v) is 6.23. The Hall–Kier alpha value is -1.69. The lowest BCUT2D eigenvalue weighted by molar-refractivity contribution is 0.0722. The number of aromatic amines is 1. The highest BCUT2D eigenvalue weighted by molar-refractivity contribution is 5.92. The predicted octanol–water partition coefficient (Wildman–Crippen LogP) is -0.550. The van der Waals surface area contributed by atoms with E-state index in [1.807, 2.05) is 4.90 Å². The second-order valence-electron chi connectivity index (χ2n) is 5.08. The fraction of sp³-hybridized carbons (Fsp3) is 0.583. The zero-order valence-electron chi connectivity index (χ0n) is 10.2. The van der Waals surface area contributed by atoms with E-state index in [0.717, 1.165) is 25.8 Å². The summed E-state index contributed by atoms with van der Waals surface area (Å²) >= 11 is 0. The third-order valence-corrected chi connectivity index (χ3v) is 4.09. The zero-order chi connectivity index (χ0) is 12.7.